The van der Waals surface area contributed by atoms with Gasteiger partial charge in [0, 0.05) is 81.7 Å². The fourth-order valence-corrected chi connectivity index (χ4v) is 7.98. The number of aromatic nitrogens is 4. The largest absolute Gasteiger partial charge is 1.00 e. The zero-order chi connectivity index (χ0) is 49.6. The fraction of sp³-hybridized carbons (Fsp3) is 0.488. The number of nitrogens with zero attached hydrogens (tertiary/aromatic N) is 2. The standard InChI is InChI=1S/C20H21F4N3O3.C19H19F4N3O4.C4H8O.H2NO.Na/c1-11(28)6-16(12-2-4-20(23,24)5-3-12)25-17-10-18(29)27(19(30)26-17)15-8-13(21)7-14(22)9-15;20-11-5-12(21)7-13(6-11)26-16(27)9-15(25-18(26)30)24-14(8-17(28)29)10-1-3-19(22,23)4-2-10;1-2-4-5-3-1;1-2;/h7-10,12,16,25H,2-6H2,1H3,(H,26,30);5-7,9-10,14,24H,1-4,8H2,(H,25,30)(H,28,29);1-4H2;1-2H;/q;;;-1;+1/t16-;14-;;;/m11.../s1. The van der Waals surface area contributed by atoms with Gasteiger partial charge in [-0.1, -0.05) is 0 Å². The maximum absolute atomic E-state index is 13.5. The molecule has 7 rings (SSSR count). The fourth-order valence-electron chi connectivity index (χ4n) is 7.98. The van der Waals surface area contributed by atoms with E-state index >= 15 is 0 Å². The number of aliphatic carboxylic acids is 1. The van der Waals surface area contributed by atoms with Gasteiger partial charge in [-0.3, -0.25) is 29.1 Å². The molecule has 3 aliphatic rings. The molecule has 0 amide bonds. The molecule has 1 saturated heterocycles. The van der Waals surface area contributed by atoms with Crippen molar-refractivity contribution in [1.82, 2.24) is 19.1 Å². The van der Waals surface area contributed by atoms with E-state index in [4.69, 9.17) is 20.9 Å². The molecule has 3 heterocycles. The van der Waals surface area contributed by atoms with E-state index in [1.54, 1.807) is 0 Å². The van der Waals surface area contributed by atoms with E-state index in [1.165, 1.54) is 19.8 Å². The Balaban J connectivity index is 0.000000311. The van der Waals surface area contributed by atoms with Gasteiger partial charge in [0.25, 0.3) is 11.1 Å². The summed E-state index contributed by atoms with van der Waals surface area (Å²) in [5.74, 6) is -6.71. The molecule has 2 aliphatic carbocycles. The number of ketones is 1. The molecule has 68 heavy (non-hydrogen) atoms. The van der Waals surface area contributed by atoms with Crippen molar-refractivity contribution < 1.29 is 89.3 Å². The van der Waals surface area contributed by atoms with Crippen LogP contribution in [0.1, 0.15) is 84.0 Å². The predicted octanol–water partition coefficient (Wildman–Crippen LogP) is 4.50. The molecule has 2 aromatic carbocycles. The Kier molecular flexibility index (Phi) is 21.9. The average Bonchev–Trinajstić information content (AvgIpc) is 3.81. The first kappa shape index (κ1) is 57.2. The minimum Gasteiger partial charge on any atom is -0.553 e. The van der Waals surface area contributed by atoms with Gasteiger partial charge in [-0.25, -0.2) is 53.8 Å². The van der Waals surface area contributed by atoms with E-state index in [9.17, 15) is 63.9 Å². The third-order valence-electron chi connectivity index (χ3n) is 11.1. The first-order valence-electron chi connectivity index (χ1n) is 21.0. The normalized spacial score (nSPS) is 17.3. The van der Waals surface area contributed by atoms with Crippen LogP contribution in [-0.4, -0.2) is 78.3 Å². The molecule has 368 valence electrons. The molecule has 16 nitrogen and oxygen atoms in total. The molecular formula is C43H50F8N7NaO9. The molecule has 2 atom stereocenters. The van der Waals surface area contributed by atoms with Crippen molar-refractivity contribution in [3.63, 3.8) is 0 Å². The van der Waals surface area contributed by atoms with E-state index in [1.807, 2.05) is 0 Å². The Labute approximate surface area is 404 Å². The number of rotatable bonds is 12. The molecule has 3 fully saturated rings. The topological polar surface area (TPSA) is 241 Å². The second-order valence-corrected chi connectivity index (χ2v) is 16.3. The molecule has 2 saturated carbocycles. The van der Waals surface area contributed by atoms with E-state index in [0.717, 1.165) is 49.6 Å². The van der Waals surface area contributed by atoms with Crippen LogP contribution in [0.5, 0.6) is 0 Å². The van der Waals surface area contributed by atoms with Crippen molar-refractivity contribution >= 4 is 23.4 Å². The molecule has 2 aromatic heterocycles. The van der Waals surface area contributed by atoms with Crippen molar-refractivity contribution in [2.75, 3.05) is 23.8 Å². The number of H-pyrrole nitrogens is 2. The van der Waals surface area contributed by atoms with Gasteiger partial charge >= 0.3 is 46.9 Å². The summed E-state index contributed by atoms with van der Waals surface area (Å²) in [6.45, 7) is 3.37. The van der Waals surface area contributed by atoms with Crippen LogP contribution in [0, 0.1) is 35.1 Å². The summed E-state index contributed by atoms with van der Waals surface area (Å²) < 4.78 is 114. The van der Waals surface area contributed by atoms with Crippen molar-refractivity contribution in [2.24, 2.45) is 11.8 Å². The second-order valence-electron chi connectivity index (χ2n) is 16.3. The van der Waals surface area contributed by atoms with Crippen LogP contribution in [0.25, 0.3) is 17.3 Å². The van der Waals surface area contributed by atoms with Gasteiger partial charge in [-0.2, -0.15) is 0 Å². The van der Waals surface area contributed by atoms with Crippen LogP contribution in [0.2, 0.25) is 0 Å². The molecule has 7 N–H and O–H groups in total. The number of carboxylic acid groups (broad SMARTS) is 1. The molecule has 1 aliphatic heterocycles. The summed E-state index contributed by atoms with van der Waals surface area (Å²) in [5, 5.41) is 21.1. The van der Waals surface area contributed by atoms with Crippen LogP contribution >= 0.6 is 0 Å². The van der Waals surface area contributed by atoms with Crippen LogP contribution in [0.3, 0.4) is 0 Å². The number of alkyl halides is 4. The summed E-state index contributed by atoms with van der Waals surface area (Å²) in [6.07, 6.45) is 1.41. The number of aromatic amines is 2. The number of Topliss-reactive ketones (excluding diaryl/α,β-unsaturated/α-hetero) is 1. The zero-order valence-electron chi connectivity index (χ0n) is 37.0. The summed E-state index contributed by atoms with van der Waals surface area (Å²) in [7, 11) is 0. The van der Waals surface area contributed by atoms with E-state index in [2.05, 4.69) is 20.6 Å². The number of nitrogens with one attached hydrogen (secondary N) is 5. The third-order valence-corrected chi connectivity index (χ3v) is 11.1. The van der Waals surface area contributed by atoms with Gasteiger partial charge < -0.3 is 31.6 Å². The number of hydrogen-bond donors (Lipinski definition) is 6. The molecule has 0 spiro atoms. The molecule has 25 heteroatoms. The monoisotopic (exact) mass is 983 g/mol. The first-order chi connectivity index (χ1) is 31.6. The first-order valence-corrected chi connectivity index (χ1v) is 21.0. The molecule has 0 bridgehead atoms. The van der Waals surface area contributed by atoms with Gasteiger partial charge in [0.15, 0.2) is 0 Å². The molecule has 0 radical (unpaired) electrons. The number of hydrogen-bond acceptors (Lipinski definition) is 10. The number of carbonyl (C=O) groups excluding carboxylic acids is 1. The smallest absolute Gasteiger partial charge is 0.553 e. The van der Waals surface area contributed by atoms with Gasteiger partial charge in [-0.05, 0) is 81.5 Å². The van der Waals surface area contributed by atoms with Gasteiger partial charge in [0.05, 0.1) is 17.8 Å². The van der Waals surface area contributed by atoms with Crippen LogP contribution in [0.4, 0.5) is 46.8 Å². The number of halogens is 8. The summed E-state index contributed by atoms with van der Waals surface area (Å²) in [5.41, 5.74) is -4.29. The quantitative estimate of drug-likeness (QED) is 0.0656. The van der Waals surface area contributed by atoms with Gasteiger partial charge in [-0.15, -0.1) is 0 Å². The van der Waals surface area contributed by atoms with Crippen LogP contribution < -0.4 is 62.7 Å². The number of benzene rings is 2. The van der Waals surface area contributed by atoms with Gasteiger partial charge in [0.1, 0.15) is 40.7 Å². The second kappa shape index (κ2) is 26.0. The minimum absolute atomic E-state index is 0. The Hall–Kier alpha value is -5.14. The maximum Gasteiger partial charge on any atom is 1.00 e. The van der Waals surface area contributed by atoms with Crippen molar-refractivity contribution in [1.29, 1.82) is 0 Å². The molecule has 4 aromatic rings. The van der Waals surface area contributed by atoms with E-state index < -0.39 is 88.0 Å². The average molecular weight is 984 g/mol. The Morgan fingerprint density at radius 1 is 0.662 bits per heavy atom. The molecular weight excluding hydrogens is 933 g/mol. The predicted molar refractivity (Wildman–Crippen MR) is 227 cm³/mol. The SMILES string of the molecule is C1CCOC1.CC(=O)C[C@@H](Nc1cc(=O)n(-c2cc(F)cc(F)c2)c(=O)[nH]1)C1CCC(F)(F)CC1.O=C(O)C[C@@H](Nc1cc(=O)n(-c2cc(F)cc(F)c2)c(=O)[nH]1)C1CCC(F)(F)CC1.[NH-]O.[Na+]. The number of ether oxygens (including phenoxy) is 1. The Morgan fingerprint density at radius 2 is 1.00 bits per heavy atom. The summed E-state index contributed by atoms with van der Waals surface area (Å²) in [6, 6.07) is 5.12. The summed E-state index contributed by atoms with van der Waals surface area (Å²) in [4.78, 5) is 77.2. The van der Waals surface area contributed by atoms with E-state index in [0.29, 0.717) is 21.3 Å². The summed E-state index contributed by atoms with van der Waals surface area (Å²) >= 11 is 0. The van der Waals surface area contributed by atoms with E-state index in [-0.39, 0.29) is 122 Å². The zero-order valence-corrected chi connectivity index (χ0v) is 39.0. The van der Waals surface area contributed by atoms with Crippen LogP contribution in [0.15, 0.2) is 67.7 Å². The Bertz CT molecular complexity index is 2270. The van der Waals surface area contributed by atoms with Crippen LogP contribution in [-0.2, 0) is 14.3 Å². The number of anilines is 2. The Morgan fingerprint density at radius 3 is 1.28 bits per heavy atom. The number of carbonyl (C=O) groups is 2. The van der Waals surface area contributed by atoms with Gasteiger partial charge in [0.2, 0.25) is 11.8 Å². The minimum atomic E-state index is -2.79. The van der Waals surface area contributed by atoms with Crippen molar-refractivity contribution in [3.05, 3.63) is 119 Å². The maximum atomic E-state index is 13.5. The van der Waals surface area contributed by atoms with Crippen molar-refractivity contribution in [3.8, 4) is 11.4 Å². The van der Waals surface area contributed by atoms with Crippen molar-refractivity contribution in [2.45, 2.75) is 108 Å². The third kappa shape index (κ3) is 17.4. The molecule has 0 unspecified atom stereocenters. The number of carboxylic acids is 1.